The lowest BCUT2D eigenvalue weighted by atomic mass is 10.0. The molecule has 0 aliphatic heterocycles. The van der Waals surface area contributed by atoms with E-state index in [1.165, 1.54) is 0 Å². The summed E-state index contributed by atoms with van der Waals surface area (Å²) in [6, 6.07) is 15.7. The molecule has 3 rings (SSSR count). The first-order chi connectivity index (χ1) is 10.6. The number of carbonyl (C=O) groups is 1. The number of H-pyrrole nitrogens is 1. The number of ketones is 1. The summed E-state index contributed by atoms with van der Waals surface area (Å²) < 4.78 is 0. The van der Waals surface area contributed by atoms with E-state index in [4.69, 9.17) is 5.41 Å². The van der Waals surface area contributed by atoms with Crippen molar-refractivity contribution in [1.82, 2.24) is 4.98 Å². The molecule has 0 saturated carbocycles. The molecule has 3 heteroatoms. The standard InChI is InChI=1S/C19H18N2O/c1-13(20)15-9-6-14(7-10-15)8-11-19(22)17-12-21-18-5-3-2-4-16(17)18/h2-7,9-10,12,20-21H,8,11H2,1H3. The van der Waals surface area contributed by atoms with Gasteiger partial charge in [-0.1, -0.05) is 42.5 Å². The largest absolute Gasteiger partial charge is 0.360 e. The van der Waals surface area contributed by atoms with E-state index in [0.29, 0.717) is 12.1 Å². The number of aryl methyl sites for hydroxylation is 1. The van der Waals surface area contributed by atoms with Crippen LogP contribution in [0, 0.1) is 5.41 Å². The number of benzene rings is 2. The Kier molecular flexibility index (Phi) is 3.88. The van der Waals surface area contributed by atoms with Crippen LogP contribution in [-0.2, 0) is 6.42 Å². The van der Waals surface area contributed by atoms with Crippen molar-refractivity contribution in [3.63, 3.8) is 0 Å². The van der Waals surface area contributed by atoms with Crippen molar-refractivity contribution in [1.29, 1.82) is 5.41 Å². The van der Waals surface area contributed by atoms with Crippen LogP contribution in [0.15, 0.2) is 54.7 Å². The summed E-state index contributed by atoms with van der Waals surface area (Å²) in [7, 11) is 0. The molecule has 0 unspecified atom stereocenters. The normalized spacial score (nSPS) is 10.8. The van der Waals surface area contributed by atoms with E-state index in [0.717, 1.165) is 34.0 Å². The van der Waals surface area contributed by atoms with Crippen LogP contribution in [0.4, 0.5) is 0 Å². The Morgan fingerprint density at radius 2 is 1.82 bits per heavy atom. The van der Waals surface area contributed by atoms with Gasteiger partial charge in [0.25, 0.3) is 0 Å². The van der Waals surface area contributed by atoms with Crippen LogP contribution in [0.3, 0.4) is 0 Å². The number of para-hydroxylation sites is 1. The van der Waals surface area contributed by atoms with E-state index in [1.807, 2.05) is 48.5 Å². The van der Waals surface area contributed by atoms with Gasteiger partial charge >= 0.3 is 0 Å². The van der Waals surface area contributed by atoms with Gasteiger partial charge in [-0.05, 0) is 30.5 Å². The first-order valence-electron chi connectivity index (χ1n) is 7.39. The third-order valence-electron chi connectivity index (χ3n) is 3.92. The molecule has 2 N–H and O–H groups in total. The summed E-state index contributed by atoms with van der Waals surface area (Å²) in [5.41, 5.74) is 4.37. The van der Waals surface area contributed by atoms with Crippen LogP contribution in [0.1, 0.15) is 34.8 Å². The van der Waals surface area contributed by atoms with Gasteiger partial charge in [-0.3, -0.25) is 4.79 Å². The zero-order valence-electron chi connectivity index (χ0n) is 12.5. The Labute approximate surface area is 129 Å². The average molecular weight is 290 g/mol. The van der Waals surface area contributed by atoms with Gasteiger partial charge in [-0.25, -0.2) is 0 Å². The number of hydrogen-bond donors (Lipinski definition) is 2. The fourth-order valence-electron chi connectivity index (χ4n) is 2.62. The van der Waals surface area contributed by atoms with Crippen molar-refractivity contribution in [2.24, 2.45) is 0 Å². The number of rotatable bonds is 5. The third kappa shape index (κ3) is 2.84. The SMILES string of the molecule is CC(=N)c1ccc(CCC(=O)c2c[nH]c3ccccc23)cc1. The van der Waals surface area contributed by atoms with Crippen LogP contribution in [0.5, 0.6) is 0 Å². The van der Waals surface area contributed by atoms with Gasteiger partial charge in [0.05, 0.1) is 0 Å². The molecule has 0 amide bonds. The van der Waals surface area contributed by atoms with Crippen molar-refractivity contribution in [2.45, 2.75) is 19.8 Å². The Balaban J connectivity index is 1.71. The summed E-state index contributed by atoms with van der Waals surface area (Å²) in [5, 5.41) is 8.58. The summed E-state index contributed by atoms with van der Waals surface area (Å²) >= 11 is 0. The molecule has 0 spiro atoms. The molecule has 0 fully saturated rings. The lowest BCUT2D eigenvalue weighted by molar-refractivity contribution is 0.0984. The van der Waals surface area contributed by atoms with Gasteiger partial charge in [0.1, 0.15) is 0 Å². The predicted molar refractivity (Wildman–Crippen MR) is 89.9 cm³/mol. The van der Waals surface area contributed by atoms with Gasteiger partial charge in [-0.15, -0.1) is 0 Å². The van der Waals surface area contributed by atoms with E-state index in [-0.39, 0.29) is 5.78 Å². The van der Waals surface area contributed by atoms with E-state index in [1.54, 1.807) is 13.1 Å². The van der Waals surface area contributed by atoms with Gasteiger partial charge in [0.15, 0.2) is 5.78 Å². The van der Waals surface area contributed by atoms with Crippen molar-refractivity contribution in [3.8, 4) is 0 Å². The molecule has 3 aromatic rings. The monoisotopic (exact) mass is 290 g/mol. The van der Waals surface area contributed by atoms with Crippen molar-refractivity contribution in [3.05, 3.63) is 71.4 Å². The molecule has 1 heterocycles. The quantitative estimate of drug-likeness (QED) is 0.532. The smallest absolute Gasteiger partial charge is 0.165 e. The van der Waals surface area contributed by atoms with Gasteiger partial charge < -0.3 is 10.4 Å². The summed E-state index contributed by atoms with van der Waals surface area (Å²) in [6.45, 7) is 1.77. The predicted octanol–water partition coefficient (Wildman–Crippen LogP) is 4.37. The maximum absolute atomic E-state index is 12.4. The number of aromatic nitrogens is 1. The topological polar surface area (TPSA) is 56.7 Å². The maximum atomic E-state index is 12.4. The number of Topliss-reactive ketones (excluding diaryl/α,β-unsaturated/α-hetero) is 1. The molecule has 0 aliphatic rings. The molecule has 2 aromatic carbocycles. The minimum Gasteiger partial charge on any atom is -0.360 e. The number of hydrogen-bond acceptors (Lipinski definition) is 2. The first-order valence-corrected chi connectivity index (χ1v) is 7.39. The number of fused-ring (bicyclic) bond motifs is 1. The van der Waals surface area contributed by atoms with E-state index in [2.05, 4.69) is 4.98 Å². The number of aromatic amines is 1. The minimum atomic E-state index is 0.157. The highest BCUT2D eigenvalue weighted by Crippen LogP contribution is 2.20. The zero-order chi connectivity index (χ0) is 15.5. The second-order valence-electron chi connectivity index (χ2n) is 5.49. The highest BCUT2D eigenvalue weighted by molar-refractivity contribution is 6.07. The van der Waals surface area contributed by atoms with E-state index in [9.17, 15) is 4.79 Å². The maximum Gasteiger partial charge on any atom is 0.165 e. The molecule has 22 heavy (non-hydrogen) atoms. The fourth-order valence-corrected chi connectivity index (χ4v) is 2.62. The summed E-state index contributed by atoms with van der Waals surface area (Å²) in [4.78, 5) is 15.6. The lowest BCUT2D eigenvalue weighted by Crippen LogP contribution is -2.01. The molecular weight excluding hydrogens is 272 g/mol. The Hall–Kier alpha value is -2.68. The van der Waals surface area contributed by atoms with Gasteiger partial charge in [-0.2, -0.15) is 0 Å². The molecule has 110 valence electrons. The molecule has 0 saturated heterocycles. The van der Waals surface area contributed by atoms with Crippen LogP contribution in [0.2, 0.25) is 0 Å². The van der Waals surface area contributed by atoms with Crippen molar-refractivity contribution in [2.75, 3.05) is 0 Å². The van der Waals surface area contributed by atoms with Crippen LogP contribution >= 0.6 is 0 Å². The molecule has 1 aromatic heterocycles. The Morgan fingerprint density at radius 3 is 2.55 bits per heavy atom. The number of carbonyl (C=O) groups excluding carboxylic acids is 1. The molecule has 3 nitrogen and oxygen atoms in total. The average Bonchev–Trinajstić information content (AvgIpc) is 2.97. The minimum absolute atomic E-state index is 0.157. The van der Waals surface area contributed by atoms with E-state index < -0.39 is 0 Å². The second kappa shape index (κ2) is 5.98. The van der Waals surface area contributed by atoms with Gasteiger partial charge in [0.2, 0.25) is 0 Å². The van der Waals surface area contributed by atoms with Crippen LogP contribution in [0.25, 0.3) is 10.9 Å². The Morgan fingerprint density at radius 1 is 1.09 bits per heavy atom. The summed E-state index contributed by atoms with van der Waals surface area (Å²) in [5.74, 6) is 0.157. The Bertz CT molecular complexity index is 828. The fraction of sp³-hybridized carbons (Fsp3) is 0.158. The van der Waals surface area contributed by atoms with E-state index >= 15 is 0 Å². The summed E-state index contributed by atoms with van der Waals surface area (Å²) in [6.07, 6.45) is 3.01. The molecule has 0 atom stereocenters. The second-order valence-corrected chi connectivity index (χ2v) is 5.49. The molecule has 0 bridgehead atoms. The van der Waals surface area contributed by atoms with Crippen molar-refractivity contribution >= 4 is 22.4 Å². The lowest BCUT2D eigenvalue weighted by Gasteiger charge is -2.03. The zero-order valence-corrected chi connectivity index (χ0v) is 12.5. The molecule has 0 aliphatic carbocycles. The first kappa shape index (κ1) is 14.3. The number of nitrogens with one attached hydrogen (secondary N) is 2. The molecule has 0 radical (unpaired) electrons. The van der Waals surface area contributed by atoms with Gasteiger partial charge in [0, 0.05) is 34.8 Å². The highest BCUT2D eigenvalue weighted by atomic mass is 16.1. The van der Waals surface area contributed by atoms with Crippen LogP contribution in [-0.4, -0.2) is 16.5 Å². The van der Waals surface area contributed by atoms with Crippen molar-refractivity contribution < 1.29 is 4.79 Å². The highest BCUT2D eigenvalue weighted by Gasteiger charge is 2.11. The molecular formula is C19H18N2O. The van der Waals surface area contributed by atoms with Crippen LogP contribution < -0.4 is 0 Å². The third-order valence-corrected chi connectivity index (χ3v) is 3.92.